The highest BCUT2D eigenvalue weighted by Gasteiger charge is 2.11. The highest BCUT2D eigenvalue weighted by molar-refractivity contribution is 6.12. The van der Waals surface area contributed by atoms with Gasteiger partial charge in [0.25, 0.3) is 11.8 Å². The number of phenolic OH excluding ortho intramolecular Hbond substituents is 1. The summed E-state index contributed by atoms with van der Waals surface area (Å²) in [6.07, 6.45) is 2.67. The molecule has 0 saturated carbocycles. The molecule has 1 aliphatic rings. The van der Waals surface area contributed by atoms with Gasteiger partial charge in [0, 0.05) is 12.2 Å². The van der Waals surface area contributed by atoms with Crippen molar-refractivity contribution in [1.29, 1.82) is 0 Å². The van der Waals surface area contributed by atoms with Gasteiger partial charge in [-0.3, -0.25) is 19.7 Å². The van der Waals surface area contributed by atoms with Gasteiger partial charge in [-0.15, -0.1) is 0 Å². The van der Waals surface area contributed by atoms with Crippen molar-refractivity contribution in [2.75, 3.05) is 0 Å². The van der Waals surface area contributed by atoms with Crippen LogP contribution >= 0.6 is 0 Å². The molecule has 2 amide bonds. The number of phenols is 1. The molecule has 7 heteroatoms. The van der Waals surface area contributed by atoms with Crippen molar-refractivity contribution in [2.45, 2.75) is 12.5 Å². The number of aromatic hydroxyl groups is 1. The Labute approximate surface area is 114 Å². The molecule has 5 N–H and O–H groups in total. The first-order valence-electron chi connectivity index (χ1n) is 5.68. The van der Waals surface area contributed by atoms with E-state index in [4.69, 9.17) is 15.9 Å². The van der Waals surface area contributed by atoms with E-state index in [9.17, 15) is 14.4 Å². The number of amides is 2. The van der Waals surface area contributed by atoms with Gasteiger partial charge in [0.2, 0.25) is 0 Å². The summed E-state index contributed by atoms with van der Waals surface area (Å²) in [4.78, 5) is 30.5. The Morgan fingerprint density at radius 2 is 1.65 bits per heavy atom. The van der Waals surface area contributed by atoms with E-state index in [2.05, 4.69) is 0 Å². The molecule has 20 heavy (non-hydrogen) atoms. The minimum absolute atomic E-state index is 0.160. The molecule has 0 fully saturated rings. The fourth-order valence-electron chi connectivity index (χ4n) is 1.33. The zero-order valence-electron chi connectivity index (χ0n) is 10.4. The molecule has 0 aliphatic carbocycles. The summed E-state index contributed by atoms with van der Waals surface area (Å²) in [7, 11) is 0. The van der Waals surface area contributed by atoms with Gasteiger partial charge in [-0.25, -0.2) is 0 Å². The summed E-state index contributed by atoms with van der Waals surface area (Å²) in [5, 5.41) is 19.5. The van der Waals surface area contributed by atoms with E-state index in [1.807, 2.05) is 5.32 Å². The SMILES string of the molecule is NC(Cc1ccc(O)cc1)C(=O)O.O=C1C=CC(=O)N1. The van der Waals surface area contributed by atoms with Crippen molar-refractivity contribution in [3.8, 4) is 5.75 Å². The van der Waals surface area contributed by atoms with Gasteiger partial charge in [0.1, 0.15) is 11.8 Å². The van der Waals surface area contributed by atoms with Gasteiger partial charge in [-0.05, 0) is 24.1 Å². The first-order valence-corrected chi connectivity index (χ1v) is 5.68. The van der Waals surface area contributed by atoms with Crippen LogP contribution in [0.1, 0.15) is 5.56 Å². The molecule has 1 aromatic rings. The van der Waals surface area contributed by atoms with Crippen LogP contribution in [0.5, 0.6) is 5.75 Å². The molecule has 2 rings (SSSR count). The van der Waals surface area contributed by atoms with Crippen molar-refractivity contribution < 1.29 is 24.6 Å². The van der Waals surface area contributed by atoms with Crippen LogP contribution in [0.15, 0.2) is 36.4 Å². The van der Waals surface area contributed by atoms with Gasteiger partial charge in [0.15, 0.2) is 0 Å². The number of imide groups is 1. The number of aliphatic carboxylic acids is 1. The fourth-order valence-corrected chi connectivity index (χ4v) is 1.33. The van der Waals surface area contributed by atoms with E-state index in [1.165, 1.54) is 24.3 Å². The van der Waals surface area contributed by atoms with Gasteiger partial charge >= 0.3 is 5.97 Å². The Bertz CT molecular complexity index is 520. The highest BCUT2D eigenvalue weighted by Crippen LogP contribution is 2.10. The molecule has 106 valence electrons. The first-order chi connectivity index (χ1) is 9.38. The molecule has 1 heterocycles. The molecule has 1 atom stereocenters. The lowest BCUT2D eigenvalue weighted by atomic mass is 10.1. The van der Waals surface area contributed by atoms with Crippen LogP contribution in [0.2, 0.25) is 0 Å². The van der Waals surface area contributed by atoms with Crippen LogP contribution in [0.4, 0.5) is 0 Å². The van der Waals surface area contributed by atoms with Crippen molar-refractivity contribution in [1.82, 2.24) is 5.32 Å². The van der Waals surface area contributed by atoms with E-state index in [-0.39, 0.29) is 24.0 Å². The molecule has 1 aromatic carbocycles. The van der Waals surface area contributed by atoms with Crippen molar-refractivity contribution in [3.63, 3.8) is 0 Å². The first kappa shape index (κ1) is 15.4. The Balaban J connectivity index is 0.000000240. The zero-order valence-corrected chi connectivity index (χ0v) is 10.4. The van der Waals surface area contributed by atoms with Crippen LogP contribution in [0, 0.1) is 0 Å². The second-order valence-electron chi connectivity index (χ2n) is 4.00. The molecule has 0 saturated heterocycles. The standard InChI is InChI=1S/C9H11NO3.C4H3NO2/c10-8(9(12)13)5-6-1-3-7(11)4-2-6;6-3-1-2-4(7)5-3/h1-4,8,11H,5,10H2,(H,12,13);1-2H,(H,5,6,7). The van der Waals surface area contributed by atoms with Gasteiger partial charge < -0.3 is 15.9 Å². The monoisotopic (exact) mass is 278 g/mol. The number of nitrogens with two attached hydrogens (primary N) is 1. The van der Waals surface area contributed by atoms with Crippen LogP contribution in [0.3, 0.4) is 0 Å². The maximum Gasteiger partial charge on any atom is 0.320 e. The quantitative estimate of drug-likeness (QED) is 0.554. The number of carbonyl (C=O) groups excluding carboxylic acids is 2. The Morgan fingerprint density at radius 1 is 1.15 bits per heavy atom. The number of carboxylic acids is 1. The lowest BCUT2D eigenvalue weighted by Gasteiger charge is -2.05. The summed E-state index contributed by atoms with van der Waals surface area (Å²) < 4.78 is 0. The normalized spacial score (nSPS) is 14.2. The second-order valence-corrected chi connectivity index (χ2v) is 4.00. The molecule has 1 unspecified atom stereocenters. The number of hydrogen-bond donors (Lipinski definition) is 4. The summed E-state index contributed by atoms with van der Waals surface area (Å²) in [5.41, 5.74) is 6.12. The Hall–Kier alpha value is -2.67. The lowest BCUT2D eigenvalue weighted by Crippen LogP contribution is -2.32. The Morgan fingerprint density at radius 3 is 2.00 bits per heavy atom. The van der Waals surface area contributed by atoms with Crippen molar-refractivity contribution in [2.24, 2.45) is 5.73 Å². The largest absolute Gasteiger partial charge is 0.508 e. The molecule has 7 nitrogen and oxygen atoms in total. The maximum atomic E-state index is 10.4. The van der Waals surface area contributed by atoms with E-state index in [1.54, 1.807) is 12.1 Å². The van der Waals surface area contributed by atoms with E-state index in [0.29, 0.717) is 0 Å². The molecule has 0 radical (unpaired) electrons. The van der Waals surface area contributed by atoms with Gasteiger partial charge in [-0.2, -0.15) is 0 Å². The third-order valence-corrected chi connectivity index (χ3v) is 2.34. The predicted molar refractivity (Wildman–Crippen MR) is 69.7 cm³/mol. The van der Waals surface area contributed by atoms with Gasteiger partial charge in [0.05, 0.1) is 0 Å². The molecular formula is C13H14N2O5. The third-order valence-electron chi connectivity index (χ3n) is 2.34. The minimum atomic E-state index is -1.02. The topological polar surface area (TPSA) is 130 Å². The number of hydrogen-bond acceptors (Lipinski definition) is 5. The molecular weight excluding hydrogens is 264 g/mol. The predicted octanol–water partition coefficient (Wildman–Crippen LogP) is -0.454. The van der Waals surface area contributed by atoms with Crippen LogP contribution < -0.4 is 11.1 Å². The van der Waals surface area contributed by atoms with Crippen LogP contribution in [-0.4, -0.2) is 34.0 Å². The summed E-state index contributed by atoms with van der Waals surface area (Å²) >= 11 is 0. The average Bonchev–Trinajstić information content (AvgIpc) is 2.76. The summed E-state index contributed by atoms with van der Waals surface area (Å²) in [6.45, 7) is 0. The van der Waals surface area contributed by atoms with Gasteiger partial charge in [-0.1, -0.05) is 12.1 Å². The van der Waals surface area contributed by atoms with Crippen LogP contribution in [0.25, 0.3) is 0 Å². The number of nitrogens with one attached hydrogen (secondary N) is 1. The van der Waals surface area contributed by atoms with E-state index in [0.717, 1.165) is 5.56 Å². The molecule has 0 spiro atoms. The fraction of sp³-hybridized carbons (Fsp3) is 0.154. The highest BCUT2D eigenvalue weighted by atomic mass is 16.4. The third kappa shape index (κ3) is 5.32. The molecule has 0 bridgehead atoms. The van der Waals surface area contributed by atoms with E-state index >= 15 is 0 Å². The minimum Gasteiger partial charge on any atom is -0.508 e. The summed E-state index contributed by atoms with van der Waals surface area (Å²) in [5.74, 6) is -1.52. The number of carboxylic acid groups (broad SMARTS) is 1. The van der Waals surface area contributed by atoms with Crippen molar-refractivity contribution >= 4 is 17.8 Å². The summed E-state index contributed by atoms with van der Waals surface area (Å²) in [6, 6.07) is 5.42. The molecule has 0 aromatic heterocycles. The van der Waals surface area contributed by atoms with Crippen molar-refractivity contribution in [3.05, 3.63) is 42.0 Å². The number of benzene rings is 1. The maximum absolute atomic E-state index is 10.4. The van der Waals surface area contributed by atoms with E-state index < -0.39 is 12.0 Å². The lowest BCUT2D eigenvalue weighted by molar-refractivity contribution is -0.138. The Kier molecular flexibility index (Phi) is 5.42. The zero-order chi connectivity index (χ0) is 15.1. The second kappa shape index (κ2) is 7.05. The average molecular weight is 278 g/mol. The molecule has 1 aliphatic heterocycles. The number of rotatable bonds is 3. The smallest absolute Gasteiger partial charge is 0.320 e. The number of carbonyl (C=O) groups is 3. The van der Waals surface area contributed by atoms with Crippen LogP contribution in [-0.2, 0) is 20.8 Å².